The third-order valence-corrected chi connectivity index (χ3v) is 0.868. The molecule has 0 aliphatic rings. The summed E-state index contributed by atoms with van der Waals surface area (Å²) >= 11 is 0. The van der Waals surface area contributed by atoms with Gasteiger partial charge in [0.1, 0.15) is 11.8 Å². The Morgan fingerprint density at radius 1 is 1.55 bits per heavy atom. The van der Waals surface area contributed by atoms with Crippen molar-refractivity contribution < 1.29 is 0 Å². The number of rotatable bonds is 2. The highest BCUT2D eigenvalue weighted by atomic mass is 127. The van der Waals surface area contributed by atoms with Crippen LogP contribution in [-0.2, 0) is 0 Å². The zero-order valence-electron chi connectivity index (χ0n) is 7.09. The second-order valence-corrected chi connectivity index (χ2v) is 2.19. The van der Waals surface area contributed by atoms with Gasteiger partial charge in [0.05, 0.1) is 0 Å². The van der Waals surface area contributed by atoms with E-state index in [2.05, 4.69) is 4.99 Å². The van der Waals surface area contributed by atoms with Crippen LogP contribution in [0, 0.1) is 11.3 Å². The van der Waals surface area contributed by atoms with E-state index in [1.165, 1.54) is 0 Å². The van der Waals surface area contributed by atoms with Crippen molar-refractivity contribution in [2.24, 2.45) is 4.99 Å². The van der Waals surface area contributed by atoms with E-state index >= 15 is 0 Å². The number of hydrogen-bond acceptors (Lipinski definition) is 2. The molecular formula is C8H13IN2. The van der Waals surface area contributed by atoms with Crippen LogP contribution < -0.4 is 0 Å². The molecule has 0 aliphatic carbocycles. The van der Waals surface area contributed by atoms with E-state index in [-0.39, 0.29) is 24.0 Å². The number of hydrogen-bond donors (Lipinski definition) is 0. The predicted octanol–water partition coefficient (Wildman–Crippen LogP) is 2.56. The summed E-state index contributed by atoms with van der Waals surface area (Å²) in [5.41, 5.74) is 1.62. The smallest absolute Gasteiger partial charge is 0.135 e. The van der Waals surface area contributed by atoms with Crippen LogP contribution in [0.25, 0.3) is 0 Å². The molecule has 0 aromatic heterocycles. The van der Waals surface area contributed by atoms with Crippen molar-refractivity contribution in [1.82, 2.24) is 0 Å². The van der Waals surface area contributed by atoms with Crippen molar-refractivity contribution in [3.05, 3.63) is 11.6 Å². The summed E-state index contributed by atoms with van der Waals surface area (Å²) < 4.78 is 0. The Morgan fingerprint density at radius 3 is 2.36 bits per heavy atom. The molecule has 0 bridgehead atoms. The molecule has 62 valence electrons. The third-order valence-electron chi connectivity index (χ3n) is 0.868. The van der Waals surface area contributed by atoms with Crippen molar-refractivity contribution in [3.63, 3.8) is 0 Å². The van der Waals surface area contributed by atoms with Gasteiger partial charge >= 0.3 is 0 Å². The topological polar surface area (TPSA) is 36.1 Å². The minimum Gasteiger partial charge on any atom is -0.275 e. The second kappa shape index (κ2) is 7.73. The largest absolute Gasteiger partial charge is 0.275 e. The lowest BCUT2D eigenvalue weighted by Gasteiger charge is -1.87. The molecule has 0 aromatic carbocycles. The summed E-state index contributed by atoms with van der Waals surface area (Å²) in [5.74, 6) is 0. The summed E-state index contributed by atoms with van der Waals surface area (Å²) in [7, 11) is 0. The van der Waals surface area contributed by atoms with Gasteiger partial charge in [0.2, 0.25) is 0 Å². The van der Waals surface area contributed by atoms with Crippen LogP contribution >= 0.6 is 24.0 Å². The third kappa shape index (κ3) is 7.53. The van der Waals surface area contributed by atoms with Gasteiger partial charge in [-0.3, -0.25) is 4.99 Å². The molecule has 0 spiro atoms. The minimum absolute atomic E-state index is 0. The lowest BCUT2D eigenvalue weighted by atomic mass is 10.2. The highest BCUT2D eigenvalue weighted by Gasteiger charge is 1.88. The van der Waals surface area contributed by atoms with Crippen LogP contribution in [0.5, 0.6) is 0 Å². The normalized spacial score (nSPS) is 9.45. The molecule has 0 radical (unpaired) electrons. The molecule has 2 nitrogen and oxygen atoms in total. The molecule has 0 amide bonds. The first kappa shape index (κ1) is 13.2. The molecular weight excluding hydrogens is 251 g/mol. The molecule has 0 aromatic rings. The van der Waals surface area contributed by atoms with Crippen LogP contribution in [0.2, 0.25) is 0 Å². The summed E-state index contributed by atoms with van der Waals surface area (Å²) in [6.45, 7) is 6.48. The van der Waals surface area contributed by atoms with E-state index in [9.17, 15) is 0 Å². The lowest BCUT2D eigenvalue weighted by molar-refractivity contribution is 1.13. The maximum absolute atomic E-state index is 8.48. The van der Waals surface area contributed by atoms with Gasteiger partial charge in [0, 0.05) is 6.54 Å². The lowest BCUT2D eigenvalue weighted by Crippen LogP contribution is -1.89. The molecule has 0 unspecified atom stereocenters. The van der Waals surface area contributed by atoms with Crippen LogP contribution in [0.15, 0.2) is 16.6 Å². The molecule has 3 heteroatoms. The van der Waals surface area contributed by atoms with Crippen LogP contribution in [0.3, 0.4) is 0 Å². The van der Waals surface area contributed by atoms with Crippen molar-refractivity contribution >= 4 is 29.7 Å². The first-order valence-corrected chi connectivity index (χ1v) is 3.30. The molecule has 0 N–H and O–H groups in total. The molecule has 0 fully saturated rings. The van der Waals surface area contributed by atoms with Crippen LogP contribution in [0.4, 0.5) is 0 Å². The Kier molecular flexibility index (Phi) is 9.31. The maximum Gasteiger partial charge on any atom is 0.135 e. The van der Waals surface area contributed by atoms with Gasteiger partial charge in [-0.25, -0.2) is 0 Å². The Labute approximate surface area is 85.0 Å². The average Bonchev–Trinajstić information content (AvgIpc) is 1.86. The van der Waals surface area contributed by atoms with Gasteiger partial charge in [0.25, 0.3) is 0 Å². The van der Waals surface area contributed by atoms with Gasteiger partial charge in [0.15, 0.2) is 0 Å². The van der Waals surface area contributed by atoms with Gasteiger partial charge < -0.3 is 0 Å². The number of allylic oxidation sites excluding steroid dienone is 2. The van der Waals surface area contributed by atoms with Crippen molar-refractivity contribution in [3.8, 4) is 6.07 Å². The SMILES string of the molecule is CCN=C(C#N)C=C(C)C.I. The molecule has 0 saturated carbocycles. The number of nitriles is 1. The first-order chi connectivity index (χ1) is 4.70. The van der Waals surface area contributed by atoms with E-state index in [1.54, 1.807) is 6.08 Å². The van der Waals surface area contributed by atoms with Crippen LogP contribution in [0.1, 0.15) is 20.8 Å². The van der Waals surface area contributed by atoms with E-state index in [0.717, 1.165) is 5.57 Å². The molecule has 0 atom stereocenters. The monoisotopic (exact) mass is 264 g/mol. The fourth-order valence-corrected chi connectivity index (χ4v) is 0.557. The average molecular weight is 264 g/mol. The summed E-state index contributed by atoms with van der Waals surface area (Å²) in [4.78, 5) is 3.96. The summed E-state index contributed by atoms with van der Waals surface area (Å²) in [6, 6.07) is 2.01. The Morgan fingerprint density at radius 2 is 2.09 bits per heavy atom. The number of nitrogens with zero attached hydrogens (tertiary/aromatic N) is 2. The van der Waals surface area contributed by atoms with Crippen molar-refractivity contribution in [1.29, 1.82) is 5.26 Å². The second-order valence-electron chi connectivity index (χ2n) is 2.19. The Balaban J connectivity index is 0. The highest BCUT2D eigenvalue weighted by molar-refractivity contribution is 14.0. The number of halogens is 1. The van der Waals surface area contributed by atoms with Crippen LogP contribution in [-0.4, -0.2) is 12.3 Å². The van der Waals surface area contributed by atoms with Gasteiger partial charge in [-0.15, -0.1) is 24.0 Å². The predicted molar refractivity (Wildman–Crippen MR) is 58.4 cm³/mol. The molecule has 0 aliphatic heterocycles. The zero-order chi connectivity index (χ0) is 7.98. The van der Waals surface area contributed by atoms with E-state index in [4.69, 9.17) is 5.26 Å². The van der Waals surface area contributed by atoms with Gasteiger partial charge in [-0.2, -0.15) is 5.26 Å². The van der Waals surface area contributed by atoms with Gasteiger partial charge in [-0.1, -0.05) is 5.57 Å². The van der Waals surface area contributed by atoms with E-state index in [1.807, 2.05) is 26.8 Å². The molecule has 11 heavy (non-hydrogen) atoms. The van der Waals surface area contributed by atoms with Gasteiger partial charge in [-0.05, 0) is 26.8 Å². The molecule has 0 rings (SSSR count). The Hall–Kier alpha value is -0.370. The zero-order valence-corrected chi connectivity index (χ0v) is 9.42. The fourth-order valence-electron chi connectivity index (χ4n) is 0.557. The summed E-state index contributed by atoms with van der Waals surface area (Å²) in [5, 5.41) is 8.48. The maximum atomic E-state index is 8.48. The molecule has 0 saturated heterocycles. The fraction of sp³-hybridized carbons (Fsp3) is 0.500. The first-order valence-electron chi connectivity index (χ1n) is 3.30. The Bertz CT molecular complexity index is 195. The van der Waals surface area contributed by atoms with E-state index < -0.39 is 0 Å². The standard InChI is InChI=1S/C8H12N2.HI/c1-4-10-8(6-9)5-7(2)3;/h5H,4H2,1-3H3;1H. The number of aliphatic imine (C=N–C) groups is 1. The van der Waals surface area contributed by atoms with E-state index in [0.29, 0.717) is 12.3 Å². The quantitative estimate of drug-likeness (QED) is 0.557. The molecule has 0 heterocycles. The summed E-state index contributed by atoms with van der Waals surface area (Å²) in [6.07, 6.45) is 1.78. The van der Waals surface area contributed by atoms with Crippen molar-refractivity contribution in [2.75, 3.05) is 6.54 Å². The van der Waals surface area contributed by atoms with Crippen molar-refractivity contribution in [2.45, 2.75) is 20.8 Å². The minimum atomic E-state index is 0. The highest BCUT2D eigenvalue weighted by Crippen LogP contribution is 1.90.